The molecule has 0 saturated heterocycles. The maximum absolute atomic E-state index is 14.3. The second kappa shape index (κ2) is 7.76. The third-order valence-corrected chi connectivity index (χ3v) is 4.55. The van der Waals surface area contributed by atoms with E-state index < -0.39 is 5.92 Å². The van der Waals surface area contributed by atoms with Crippen molar-refractivity contribution < 1.29 is 8.78 Å². The van der Waals surface area contributed by atoms with Gasteiger partial charge in [-0.3, -0.25) is 4.90 Å². The van der Waals surface area contributed by atoms with E-state index in [9.17, 15) is 8.78 Å². The molecule has 0 atom stereocenters. The Labute approximate surface area is 156 Å². The van der Waals surface area contributed by atoms with Gasteiger partial charge >= 0.3 is 0 Å². The molecular formula is C19H21ClF2N4. The van der Waals surface area contributed by atoms with Crippen molar-refractivity contribution in [3.05, 3.63) is 51.9 Å². The number of benzene rings is 1. The number of unbranched alkanes of at least 4 members (excludes halogenated alkanes) is 1. The van der Waals surface area contributed by atoms with Crippen LogP contribution in [-0.2, 0) is 19.0 Å². The lowest BCUT2D eigenvalue weighted by Crippen LogP contribution is -2.13. The number of alkyl halides is 2. The van der Waals surface area contributed by atoms with Crippen molar-refractivity contribution in [2.75, 3.05) is 7.05 Å². The molecule has 26 heavy (non-hydrogen) atoms. The van der Waals surface area contributed by atoms with Gasteiger partial charge in [-0.05, 0) is 36.7 Å². The number of nitrogens with zero attached hydrogens (tertiary/aromatic N) is 4. The van der Waals surface area contributed by atoms with Crippen LogP contribution in [0.5, 0.6) is 0 Å². The van der Waals surface area contributed by atoms with Crippen molar-refractivity contribution in [3.8, 4) is 0 Å². The summed E-state index contributed by atoms with van der Waals surface area (Å²) in [7, 11) is 1.98. The number of fused-ring (bicyclic) bond motifs is 1. The minimum atomic E-state index is -2.83. The first-order valence-corrected chi connectivity index (χ1v) is 9.03. The van der Waals surface area contributed by atoms with Crippen LogP contribution >= 0.6 is 11.6 Å². The average molecular weight is 379 g/mol. The van der Waals surface area contributed by atoms with Crippen LogP contribution in [0.4, 0.5) is 14.6 Å². The van der Waals surface area contributed by atoms with Gasteiger partial charge in [-0.2, -0.15) is 4.98 Å². The first-order chi connectivity index (χ1) is 12.4. The van der Waals surface area contributed by atoms with Gasteiger partial charge in [0.15, 0.2) is 5.82 Å². The predicted molar refractivity (Wildman–Crippen MR) is 99.3 cm³/mol. The summed E-state index contributed by atoms with van der Waals surface area (Å²) in [5.74, 6) is -2.34. The van der Waals surface area contributed by atoms with E-state index in [1.807, 2.05) is 14.0 Å². The number of aliphatic imine (C=N–C) groups is 1. The SMILES string of the molecule is CCCCC(F)(F)c1cccc(C=Nc2nc(Cl)nc3c2CN(C)C3)c1. The van der Waals surface area contributed by atoms with Crippen LogP contribution < -0.4 is 0 Å². The molecule has 0 unspecified atom stereocenters. The number of aromatic nitrogens is 2. The molecule has 7 heteroatoms. The molecule has 0 saturated carbocycles. The summed E-state index contributed by atoms with van der Waals surface area (Å²) in [5, 5.41) is 0.144. The minimum Gasteiger partial charge on any atom is -0.296 e. The smallest absolute Gasteiger partial charge is 0.273 e. The zero-order valence-corrected chi connectivity index (χ0v) is 15.6. The van der Waals surface area contributed by atoms with Gasteiger partial charge in [0, 0.05) is 36.9 Å². The Kier molecular flexibility index (Phi) is 5.63. The van der Waals surface area contributed by atoms with Crippen LogP contribution in [-0.4, -0.2) is 28.1 Å². The lowest BCUT2D eigenvalue weighted by Gasteiger charge is -2.16. The third-order valence-electron chi connectivity index (χ3n) is 4.38. The van der Waals surface area contributed by atoms with Crippen LogP contribution in [0, 0.1) is 0 Å². The Bertz CT molecular complexity index is 823. The molecule has 0 N–H and O–H groups in total. The number of rotatable bonds is 6. The lowest BCUT2D eigenvalue weighted by molar-refractivity contribution is -0.0154. The van der Waals surface area contributed by atoms with Crippen LogP contribution in [0.2, 0.25) is 5.28 Å². The Morgan fingerprint density at radius 2 is 2.12 bits per heavy atom. The van der Waals surface area contributed by atoms with E-state index in [2.05, 4.69) is 19.9 Å². The third kappa shape index (κ3) is 4.24. The molecule has 0 spiro atoms. The highest BCUT2D eigenvalue weighted by Crippen LogP contribution is 2.34. The molecule has 0 bridgehead atoms. The molecule has 138 valence electrons. The van der Waals surface area contributed by atoms with Crippen LogP contribution in [0.1, 0.15) is 48.6 Å². The summed E-state index contributed by atoms with van der Waals surface area (Å²) >= 11 is 5.98. The number of hydrogen-bond acceptors (Lipinski definition) is 4. The van der Waals surface area contributed by atoms with Gasteiger partial charge in [0.2, 0.25) is 5.28 Å². The Morgan fingerprint density at radius 3 is 2.88 bits per heavy atom. The summed E-state index contributed by atoms with van der Waals surface area (Å²) in [6.07, 6.45) is 2.64. The van der Waals surface area contributed by atoms with Crippen molar-refractivity contribution in [1.82, 2.24) is 14.9 Å². The Hall–Kier alpha value is -1.92. The first-order valence-electron chi connectivity index (χ1n) is 8.65. The fourth-order valence-corrected chi connectivity index (χ4v) is 3.18. The lowest BCUT2D eigenvalue weighted by atomic mass is 10.0. The molecule has 2 aromatic rings. The summed E-state index contributed by atoms with van der Waals surface area (Å²) in [6.45, 7) is 3.29. The van der Waals surface area contributed by atoms with Crippen LogP contribution in [0.3, 0.4) is 0 Å². The van der Waals surface area contributed by atoms with E-state index in [0.29, 0.717) is 30.9 Å². The first kappa shape index (κ1) is 18.9. The Balaban J connectivity index is 1.85. The van der Waals surface area contributed by atoms with Crippen molar-refractivity contribution in [2.24, 2.45) is 4.99 Å². The summed E-state index contributed by atoms with van der Waals surface area (Å²) in [5.41, 5.74) is 2.41. The number of halogens is 3. The van der Waals surface area contributed by atoms with E-state index in [1.165, 1.54) is 12.1 Å². The van der Waals surface area contributed by atoms with E-state index in [4.69, 9.17) is 11.6 Å². The highest BCUT2D eigenvalue weighted by atomic mass is 35.5. The maximum Gasteiger partial charge on any atom is 0.273 e. The highest BCUT2D eigenvalue weighted by molar-refractivity contribution is 6.28. The highest BCUT2D eigenvalue weighted by Gasteiger charge is 2.30. The van der Waals surface area contributed by atoms with E-state index in [1.54, 1.807) is 18.3 Å². The molecule has 1 aliphatic heterocycles. The second-order valence-electron chi connectivity index (χ2n) is 6.61. The summed E-state index contributed by atoms with van der Waals surface area (Å²) in [4.78, 5) is 14.9. The fourth-order valence-electron chi connectivity index (χ4n) is 2.99. The quantitative estimate of drug-likeness (QED) is 0.518. The molecule has 0 fully saturated rings. The molecule has 0 radical (unpaired) electrons. The van der Waals surface area contributed by atoms with Gasteiger partial charge in [0.25, 0.3) is 5.92 Å². The standard InChI is InChI=1S/C19H21ClF2N4/c1-3-4-8-19(21,22)14-7-5-6-13(9-14)10-23-17-15-11-26(2)12-16(15)24-18(20)25-17/h5-7,9-10H,3-4,8,11-12H2,1-2H3. The second-order valence-corrected chi connectivity index (χ2v) is 6.94. The molecule has 1 aromatic carbocycles. The molecule has 4 nitrogen and oxygen atoms in total. The predicted octanol–water partition coefficient (Wildman–Crippen LogP) is 5.11. The molecule has 0 aliphatic carbocycles. The molecule has 2 heterocycles. The van der Waals surface area contributed by atoms with Gasteiger partial charge in [0.1, 0.15) is 0 Å². The van der Waals surface area contributed by atoms with E-state index in [-0.39, 0.29) is 17.3 Å². The topological polar surface area (TPSA) is 41.4 Å². The van der Waals surface area contributed by atoms with Gasteiger partial charge in [-0.25, -0.2) is 18.8 Å². The van der Waals surface area contributed by atoms with Gasteiger partial charge in [-0.1, -0.05) is 31.5 Å². The monoisotopic (exact) mass is 378 g/mol. The summed E-state index contributed by atoms with van der Waals surface area (Å²) < 4.78 is 28.5. The van der Waals surface area contributed by atoms with Gasteiger partial charge in [-0.15, -0.1) is 0 Å². The van der Waals surface area contributed by atoms with E-state index >= 15 is 0 Å². The Morgan fingerprint density at radius 1 is 1.31 bits per heavy atom. The van der Waals surface area contributed by atoms with Crippen molar-refractivity contribution in [3.63, 3.8) is 0 Å². The zero-order chi connectivity index (χ0) is 18.7. The maximum atomic E-state index is 14.3. The number of hydrogen-bond donors (Lipinski definition) is 0. The van der Waals surface area contributed by atoms with Gasteiger partial charge in [0.05, 0.1) is 5.69 Å². The van der Waals surface area contributed by atoms with Gasteiger partial charge < -0.3 is 0 Å². The van der Waals surface area contributed by atoms with Crippen LogP contribution in [0.25, 0.3) is 0 Å². The average Bonchev–Trinajstić information content (AvgIpc) is 2.98. The van der Waals surface area contributed by atoms with Crippen molar-refractivity contribution >= 4 is 23.6 Å². The molecule has 1 aliphatic rings. The zero-order valence-electron chi connectivity index (χ0n) is 14.8. The molecular weight excluding hydrogens is 358 g/mol. The fraction of sp³-hybridized carbons (Fsp3) is 0.421. The molecule has 0 amide bonds. The largest absolute Gasteiger partial charge is 0.296 e. The van der Waals surface area contributed by atoms with Crippen LogP contribution in [0.15, 0.2) is 29.3 Å². The normalized spacial score (nSPS) is 15.0. The summed E-state index contributed by atoms with van der Waals surface area (Å²) in [6, 6.07) is 6.31. The van der Waals surface area contributed by atoms with Crippen molar-refractivity contribution in [2.45, 2.75) is 45.2 Å². The van der Waals surface area contributed by atoms with Crippen molar-refractivity contribution in [1.29, 1.82) is 0 Å². The molecule has 3 rings (SSSR count). The minimum absolute atomic E-state index is 0.0144. The van der Waals surface area contributed by atoms with E-state index in [0.717, 1.165) is 17.7 Å². The molecule has 1 aromatic heterocycles.